The maximum absolute atomic E-state index is 14.7. The van der Waals surface area contributed by atoms with E-state index < -0.39 is 18.9 Å². The number of halogens is 4. The van der Waals surface area contributed by atoms with Crippen molar-refractivity contribution in [2.75, 3.05) is 19.4 Å². The number of hydrogen-bond acceptors (Lipinski definition) is 2. The Morgan fingerprint density at radius 2 is 2.04 bits per heavy atom. The molecule has 3 rings (SSSR count). The van der Waals surface area contributed by atoms with Crippen LogP contribution in [-0.2, 0) is 6.54 Å². The number of nitrogens with one attached hydrogen (secondary N) is 1. The van der Waals surface area contributed by atoms with Gasteiger partial charge in [0.15, 0.2) is 0 Å². The highest BCUT2D eigenvalue weighted by atomic mass is 19.4. The van der Waals surface area contributed by atoms with E-state index in [-0.39, 0.29) is 17.8 Å². The molecule has 0 saturated heterocycles. The number of benzene rings is 1. The molecule has 1 aromatic carbocycles. The van der Waals surface area contributed by atoms with Crippen LogP contribution in [0.2, 0.25) is 0 Å². The summed E-state index contributed by atoms with van der Waals surface area (Å²) in [6, 6.07) is 6.52. The lowest BCUT2D eigenvalue weighted by Gasteiger charge is -2.36. The summed E-state index contributed by atoms with van der Waals surface area (Å²) in [5.74, 6) is 5.06. The molecule has 1 fully saturated rings. The van der Waals surface area contributed by atoms with Gasteiger partial charge in [-0.05, 0) is 57.5 Å². The van der Waals surface area contributed by atoms with Gasteiger partial charge in [-0.3, -0.25) is 0 Å². The van der Waals surface area contributed by atoms with Crippen molar-refractivity contribution in [3.8, 4) is 11.8 Å². The lowest BCUT2D eigenvalue weighted by Crippen LogP contribution is -2.43. The van der Waals surface area contributed by atoms with E-state index in [9.17, 15) is 17.6 Å². The van der Waals surface area contributed by atoms with Crippen molar-refractivity contribution >= 4 is 16.6 Å². The Hall–Kier alpha value is -2.20. The van der Waals surface area contributed by atoms with Crippen molar-refractivity contribution < 1.29 is 17.6 Å². The average molecular weight is 394 g/mol. The smallest absolute Gasteiger partial charge is 0.379 e. The summed E-state index contributed by atoms with van der Waals surface area (Å²) in [6.45, 7) is 2.28. The zero-order valence-electron chi connectivity index (χ0n) is 16.0. The molecule has 1 aromatic heterocycles. The number of nitrogens with zero attached hydrogens (tertiary/aromatic N) is 2. The second-order valence-corrected chi connectivity index (χ2v) is 7.47. The summed E-state index contributed by atoms with van der Waals surface area (Å²) in [5, 5.41) is 3.83. The van der Waals surface area contributed by atoms with Crippen LogP contribution in [-0.4, -0.2) is 48.0 Å². The molecule has 7 heteroatoms. The van der Waals surface area contributed by atoms with Gasteiger partial charge in [-0.15, -0.1) is 0 Å². The number of aromatic nitrogens is 1. The Morgan fingerprint density at radius 3 is 2.64 bits per heavy atom. The first-order chi connectivity index (χ1) is 13.2. The quantitative estimate of drug-likeness (QED) is 0.603. The maximum atomic E-state index is 14.7. The van der Waals surface area contributed by atoms with Crippen molar-refractivity contribution in [3.05, 3.63) is 36.9 Å². The second-order valence-electron chi connectivity index (χ2n) is 7.47. The average Bonchev–Trinajstić information content (AvgIpc) is 2.94. The van der Waals surface area contributed by atoms with Crippen LogP contribution >= 0.6 is 0 Å². The molecule has 151 valence electrons. The molecule has 0 spiro atoms. The summed E-state index contributed by atoms with van der Waals surface area (Å²) < 4.78 is 55.0. The van der Waals surface area contributed by atoms with E-state index in [0.29, 0.717) is 29.4 Å². The van der Waals surface area contributed by atoms with Gasteiger partial charge in [-0.25, -0.2) is 4.39 Å². The van der Waals surface area contributed by atoms with Crippen LogP contribution in [0.3, 0.4) is 0 Å². The van der Waals surface area contributed by atoms with Crippen molar-refractivity contribution in [1.82, 2.24) is 9.47 Å². The molecule has 1 radical (unpaired) electrons. The van der Waals surface area contributed by atoms with Crippen LogP contribution in [0.4, 0.5) is 23.2 Å². The van der Waals surface area contributed by atoms with Crippen LogP contribution in [0.5, 0.6) is 0 Å². The van der Waals surface area contributed by atoms with E-state index in [4.69, 9.17) is 0 Å². The van der Waals surface area contributed by atoms with E-state index in [1.807, 2.05) is 19.0 Å². The van der Waals surface area contributed by atoms with Crippen molar-refractivity contribution in [2.24, 2.45) is 0 Å². The number of hydrogen-bond donors (Lipinski definition) is 1. The van der Waals surface area contributed by atoms with E-state index in [1.54, 1.807) is 24.3 Å². The molecule has 1 N–H and O–H groups in total. The standard InChI is InChI=1S/C21H24F4N3/c1-4-6-15-11-16-18(7-5-8-20(16)28(15)13-21(23,24)25)26-19-10-9-14(27(2)3)12-17(19)22/h5,7-8,11,14,17,19,26H,1,9-10,12-13H2,2-3H3. The molecule has 3 unspecified atom stereocenters. The fourth-order valence-corrected chi connectivity index (χ4v) is 3.88. The highest BCUT2D eigenvalue weighted by Gasteiger charge is 2.32. The summed E-state index contributed by atoms with van der Waals surface area (Å²) in [4.78, 5) is 2.03. The Morgan fingerprint density at radius 1 is 1.29 bits per heavy atom. The normalized spacial score (nSPS) is 22.9. The van der Waals surface area contributed by atoms with Crippen LogP contribution in [0.1, 0.15) is 25.0 Å². The second kappa shape index (κ2) is 8.04. The fraction of sp³-hybridized carbons (Fsp3) is 0.476. The van der Waals surface area contributed by atoms with E-state index >= 15 is 0 Å². The zero-order chi connectivity index (χ0) is 20.5. The van der Waals surface area contributed by atoms with Crippen LogP contribution in [0, 0.1) is 18.8 Å². The minimum atomic E-state index is -4.37. The third kappa shape index (κ3) is 4.44. The first-order valence-electron chi connectivity index (χ1n) is 9.23. The first kappa shape index (κ1) is 20.5. The van der Waals surface area contributed by atoms with Gasteiger partial charge in [0, 0.05) is 24.0 Å². The zero-order valence-corrected chi connectivity index (χ0v) is 16.0. The van der Waals surface area contributed by atoms with Gasteiger partial charge in [-0.1, -0.05) is 12.0 Å². The lowest BCUT2D eigenvalue weighted by molar-refractivity contribution is -0.140. The molecule has 0 aliphatic heterocycles. The topological polar surface area (TPSA) is 20.2 Å². The fourth-order valence-electron chi connectivity index (χ4n) is 3.88. The highest BCUT2D eigenvalue weighted by Crippen LogP contribution is 2.33. The Labute approximate surface area is 162 Å². The molecular formula is C21H24F4N3. The molecule has 28 heavy (non-hydrogen) atoms. The number of fused-ring (bicyclic) bond motifs is 1. The number of alkyl halides is 4. The van der Waals surface area contributed by atoms with Crippen molar-refractivity contribution in [1.29, 1.82) is 0 Å². The minimum absolute atomic E-state index is 0.204. The SMILES string of the molecule is [CH2]C#Cc1cc2c(NC3CCC(N(C)C)CC3F)cccc2n1CC(F)(F)F. The van der Waals surface area contributed by atoms with Gasteiger partial charge in [0.2, 0.25) is 0 Å². The molecule has 2 aromatic rings. The third-order valence-electron chi connectivity index (χ3n) is 5.32. The Kier molecular flexibility index (Phi) is 5.90. The highest BCUT2D eigenvalue weighted by molar-refractivity contribution is 5.94. The lowest BCUT2D eigenvalue weighted by atomic mass is 9.88. The third-order valence-corrected chi connectivity index (χ3v) is 5.32. The Bertz CT molecular complexity index is 889. The summed E-state index contributed by atoms with van der Waals surface area (Å²) in [6.07, 6.45) is -3.42. The molecule has 3 nitrogen and oxygen atoms in total. The van der Waals surface area contributed by atoms with Gasteiger partial charge in [0.25, 0.3) is 0 Å². The van der Waals surface area contributed by atoms with Gasteiger partial charge in [0.1, 0.15) is 12.7 Å². The van der Waals surface area contributed by atoms with Crippen LogP contribution in [0.15, 0.2) is 24.3 Å². The number of anilines is 1. The van der Waals surface area contributed by atoms with Crippen molar-refractivity contribution in [2.45, 2.75) is 50.2 Å². The van der Waals surface area contributed by atoms with Gasteiger partial charge >= 0.3 is 6.18 Å². The summed E-state index contributed by atoms with van der Waals surface area (Å²) in [7, 11) is 3.89. The van der Waals surface area contributed by atoms with E-state index in [0.717, 1.165) is 11.0 Å². The van der Waals surface area contributed by atoms with E-state index in [1.165, 1.54) is 0 Å². The molecular weight excluding hydrogens is 370 g/mol. The summed E-state index contributed by atoms with van der Waals surface area (Å²) in [5.41, 5.74) is 1.28. The minimum Gasteiger partial charge on any atom is -0.379 e. The summed E-state index contributed by atoms with van der Waals surface area (Å²) >= 11 is 0. The monoisotopic (exact) mass is 394 g/mol. The molecule has 1 heterocycles. The predicted octanol–water partition coefficient (Wildman–Crippen LogP) is 4.62. The van der Waals surface area contributed by atoms with E-state index in [2.05, 4.69) is 24.1 Å². The first-order valence-corrected chi connectivity index (χ1v) is 9.23. The molecule has 3 atom stereocenters. The van der Waals surface area contributed by atoms with Gasteiger partial charge in [-0.2, -0.15) is 13.2 Å². The Balaban J connectivity index is 1.92. The maximum Gasteiger partial charge on any atom is 0.406 e. The number of rotatable bonds is 4. The molecule has 1 aliphatic rings. The predicted molar refractivity (Wildman–Crippen MR) is 104 cm³/mol. The van der Waals surface area contributed by atoms with Crippen LogP contribution < -0.4 is 5.32 Å². The molecule has 1 saturated carbocycles. The molecule has 0 amide bonds. The molecule has 1 aliphatic carbocycles. The van der Waals surface area contributed by atoms with Crippen molar-refractivity contribution in [3.63, 3.8) is 0 Å². The van der Waals surface area contributed by atoms with Crippen LogP contribution in [0.25, 0.3) is 10.9 Å². The van der Waals surface area contributed by atoms with Gasteiger partial charge in [0.05, 0.1) is 17.3 Å². The molecule has 0 bridgehead atoms. The van der Waals surface area contributed by atoms with Gasteiger partial charge < -0.3 is 14.8 Å². The largest absolute Gasteiger partial charge is 0.406 e.